The van der Waals surface area contributed by atoms with E-state index in [0.29, 0.717) is 28.2 Å². The van der Waals surface area contributed by atoms with Gasteiger partial charge in [0.2, 0.25) is 5.43 Å². The number of piperazine rings is 1. The first kappa shape index (κ1) is 31.8. The summed E-state index contributed by atoms with van der Waals surface area (Å²) in [6, 6.07) is 5.37. The summed E-state index contributed by atoms with van der Waals surface area (Å²) in [5.41, 5.74) is -1.35. The lowest BCUT2D eigenvalue weighted by atomic mass is 10.1. The molecule has 1 amide bonds. The van der Waals surface area contributed by atoms with Crippen LogP contribution in [-0.2, 0) is 13.1 Å². The third kappa shape index (κ3) is 6.76. The SMILES string of the molecule is COc1c(N2CC(C)NC(C)C2)c(F)cc2c(=O)c(C(=O)NCc3ccc(Cl)cc3Cl)cn(CC(F)(F)F)c12.Cl. The van der Waals surface area contributed by atoms with Gasteiger partial charge in [-0.1, -0.05) is 29.3 Å². The molecule has 1 aliphatic heterocycles. The molecule has 14 heteroatoms. The molecule has 0 aliphatic carbocycles. The lowest BCUT2D eigenvalue weighted by Gasteiger charge is -2.38. The minimum Gasteiger partial charge on any atom is -0.492 e. The van der Waals surface area contributed by atoms with Crippen molar-refractivity contribution in [3.8, 4) is 5.75 Å². The number of alkyl halides is 3. The third-order valence-electron chi connectivity index (χ3n) is 6.37. The number of aromatic nitrogens is 1. The maximum absolute atomic E-state index is 15.6. The molecule has 7 nitrogen and oxygen atoms in total. The highest BCUT2D eigenvalue weighted by Crippen LogP contribution is 2.39. The lowest BCUT2D eigenvalue weighted by molar-refractivity contribution is -0.140. The van der Waals surface area contributed by atoms with Crippen molar-refractivity contribution in [2.45, 2.75) is 45.2 Å². The van der Waals surface area contributed by atoms with Gasteiger partial charge < -0.3 is 24.8 Å². The van der Waals surface area contributed by atoms with Crippen LogP contribution in [0.25, 0.3) is 10.9 Å². The molecule has 3 aromatic rings. The molecule has 0 saturated carbocycles. The van der Waals surface area contributed by atoms with E-state index in [1.165, 1.54) is 13.2 Å². The molecule has 1 saturated heterocycles. The summed E-state index contributed by atoms with van der Waals surface area (Å²) in [5.74, 6) is -2.01. The van der Waals surface area contributed by atoms with E-state index in [4.69, 9.17) is 27.9 Å². The van der Waals surface area contributed by atoms with Gasteiger partial charge >= 0.3 is 6.18 Å². The highest BCUT2D eigenvalue weighted by atomic mass is 35.5. The second-order valence-corrected chi connectivity index (χ2v) is 10.4. The number of amides is 1. The van der Waals surface area contributed by atoms with E-state index in [1.807, 2.05) is 13.8 Å². The second kappa shape index (κ2) is 12.4. The minimum atomic E-state index is -4.72. The maximum Gasteiger partial charge on any atom is 0.406 e. The first-order chi connectivity index (χ1) is 18.3. The zero-order chi connectivity index (χ0) is 28.6. The van der Waals surface area contributed by atoms with Gasteiger partial charge in [0.15, 0.2) is 11.6 Å². The summed E-state index contributed by atoms with van der Waals surface area (Å²) in [6.45, 7) is 2.86. The first-order valence-electron chi connectivity index (χ1n) is 12.0. The number of hydrogen-bond donors (Lipinski definition) is 2. The van der Waals surface area contributed by atoms with Crippen LogP contribution in [0.1, 0.15) is 29.8 Å². The molecule has 40 heavy (non-hydrogen) atoms. The average molecular weight is 626 g/mol. The molecule has 0 radical (unpaired) electrons. The van der Waals surface area contributed by atoms with Crippen LogP contribution in [0.5, 0.6) is 5.75 Å². The zero-order valence-electron chi connectivity index (χ0n) is 21.7. The number of fused-ring (bicyclic) bond motifs is 1. The molecule has 2 atom stereocenters. The summed E-state index contributed by atoms with van der Waals surface area (Å²) in [5, 5.41) is 6.01. The Morgan fingerprint density at radius 3 is 2.40 bits per heavy atom. The number of anilines is 1. The van der Waals surface area contributed by atoms with Crippen LogP contribution in [-0.4, -0.2) is 48.9 Å². The Labute approximate surface area is 243 Å². The Morgan fingerprint density at radius 2 is 1.82 bits per heavy atom. The molecule has 0 spiro atoms. The largest absolute Gasteiger partial charge is 0.492 e. The quantitative estimate of drug-likeness (QED) is 0.351. The molecule has 2 N–H and O–H groups in total. The van der Waals surface area contributed by atoms with Crippen LogP contribution >= 0.6 is 35.6 Å². The Morgan fingerprint density at radius 1 is 1.18 bits per heavy atom. The van der Waals surface area contributed by atoms with Gasteiger partial charge in [-0.15, -0.1) is 12.4 Å². The summed E-state index contributed by atoms with van der Waals surface area (Å²) < 4.78 is 62.7. The van der Waals surface area contributed by atoms with Crippen LogP contribution in [0.3, 0.4) is 0 Å². The standard InChI is InChI=1S/C26H26Cl2F4N4O3.ClH/c1-13-9-35(10-14(2)34-13)22-20(29)7-17-21(24(22)39-3)36(12-26(30,31)32)11-18(23(17)37)25(38)33-8-15-4-5-16(27)6-19(15)28;/h4-7,11,13-14,34H,8-10,12H2,1-3H3,(H,33,38);1H. The fraction of sp³-hybridized carbons (Fsp3) is 0.385. The molecule has 2 unspecified atom stereocenters. The Kier molecular flexibility index (Phi) is 9.87. The zero-order valence-corrected chi connectivity index (χ0v) is 24.0. The monoisotopic (exact) mass is 624 g/mol. The average Bonchev–Trinajstić information content (AvgIpc) is 2.82. The van der Waals surface area contributed by atoms with E-state index in [0.717, 1.165) is 12.3 Å². The highest BCUT2D eigenvalue weighted by molar-refractivity contribution is 6.35. The normalized spacial score (nSPS) is 17.5. The fourth-order valence-corrected chi connectivity index (χ4v) is 5.38. The fourth-order valence-electron chi connectivity index (χ4n) is 4.90. The van der Waals surface area contributed by atoms with Gasteiger partial charge in [-0.2, -0.15) is 13.2 Å². The number of nitrogens with one attached hydrogen (secondary N) is 2. The molecule has 1 fully saturated rings. The van der Waals surface area contributed by atoms with Crippen molar-refractivity contribution in [3.63, 3.8) is 0 Å². The Balaban J connectivity index is 0.00000441. The molecule has 4 rings (SSSR count). The minimum absolute atomic E-state index is 0. The molecule has 1 aliphatic rings. The van der Waals surface area contributed by atoms with Crippen LogP contribution in [0, 0.1) is 5.82 Å². The summed E-state index contributed by atoms with van der Waals surface area (Å²) in [4.78, 5) is 28.0. The summed E-state index contributed by atoms with van der Waals surface area (Å²) >= 11 is 12.0. The maximum atomic E-state index is 15.6. The van der Waals surface area contributed by atoms with E-state index >= 15 is 4.39 Å². The molecule has 0 bridgehead atoms. The number of hydrogen-bond acceptors (Lipinski definition) is 5. The van der Waals surface area contributed by atoms with Gasteiger partial charge in [0, 0.05) is 48.0 Å². The summed E-state index contributed by atoms with van der Waals surface area (Å²) in [6.07, 6.45) is -3.89. The number of benzene rings is 2. The van der Waals surface area contributed by atoms with E-state index in [9.17, 15) is 22.8 Å². The Bertz CT molecular complexity index is 1470. The van der Waals surface area contributed by atoms with Crippen LogP contribution in [0.4, 0.5) is 23.2 Å². The van der Waals surface area contributed by atoms with E-state index in [1.54, 1.807) is 17.0 Å². The van der Waals surface area contributed by atoms with Gasteiger partial charge in [0.1, 0.15) is 17.8 Å². The van der Waals surface area contributed by atoms with Gasteiger partial charge in [-0.3, -0.25) is 9.59 Å². The van der Waals surface area contributed by atoms with E-state index < -0.39 is 40.8 Å². The van der Waals surface area contributed by atoms with Crippen molar-refractivity contribution in [2.75, 3.05) is 25.1 Å². The van der Waals surface area contributed by atoms with Crippen LogP contribution < -0.4 is 25.7 Å². The van der Waals surface area contributed by atoms with Crippen LogP contribution in [0.2, 0.25) is 10.0 Å². The van der Waals surface area contributed by atoms with Crippen molar-refractivity contribution >= 4 is 58.1 Å². The van der Waals surface area contributed by atoms with Crippen LogP contribution in [0.15, 0.2) is 35.3 Å². The van der Waals surface area contributed by atoms with Crippen molar-refractivity contribution in [1.29, 1.82) is 0 Å². The predicted molar refractivity (Wildman–Crippen MR) is 150 cm³/mol. The van der Waals surface area contributed by atoms with Gasteiger partial charge in [0.05, 0.1) is 18.0 Å². The molecule has 218 valence electrons. The van der Waals surface area contributed by atoms with Gasteiger partial charge in [0.25, 0.3) is 5.91 Å². The molecular weight excluding hydrogens is 599 g/mol. The van der Waals surface area contributed by atoms with Crippen molar-refractivity contribution < 1.29 is 27.1 Å². The number of nitrogens with zero attached hydrogens (tertiary/aromatic N) is 2. The van der Waals surface area contributed by atoms with Gasteiger partial charge in [-0.05, 0) is 37.6 Å². The first-order valence-corrected chi connectivity index (χ1v) is 12.8. The number of methoxy groups -OCH3 is 1. The molecule has 2 aromatic carbocycles. The number of carbonyl (C=O) groups excluding carboxylic acids is 1. The topological polar surface area (TPSA) is 75.6 Å². The van der Waals surface area contributed by atoms with E-state index in [2.05, 4.69) is 10.6 Å². The Hall–Kier alpha value is -2.73. The molecule has 1 aromatic heterocycles. The van der Waals surface area contributed by atoms with Gasteiger partial charge in [-0.25, -0.2) is 4.39 Å². The highest BCUT2D eigenvalue weighted by Gasteiger charge is 2.33. The second-order valence-electron chi connectivity index (χ2n) is 9.54. The molecular formula is C26H27Cl3F4N4O3. The third-order valence-corrected chi connectivity index (χ3v) is 6.96. The van der Waals surface area contributed by atoms with Crippen molar-refractivity contribution in [2.24, 2.45) is 0 Å². The number of ether oxygens (including phenoxy) is 1. The number of pyridine rings is 1. The number of carbonyl (C=O) groups is 1. The van der Waals surface area contributed by atoms with E-state index in [-0.39, 0.29) is 53.0 Å². The van der Waals surface area contributed by atoms with Crippen molar-refractivity contribution in [1.82, 2.24) is 15.2 Å². The van der Waals surface area contributed by atoms with Crippen molar-refractivity contribution in [3.05, 3.63) is 67.7 Å². The number of halogens is 7. The smallest absolute Gasteiger partial charge is 0.406 e. The lowest BCUT2D eigenvalue weighted by Crippen LogP contribution is -2.54. The predicted octanol–water partition coefficient (Wildman–Crippen LogP) is 5.56. The number of rotatable bonds is 6. The summed E-state index contributed by atoms with van der Waals surface area (Å²) in [7, 11) is 1.20. The molecule has 2 heterocycles.